The minimum Gasteiger partial charge on any atom is -0.481 e. The highest BCUT2D eigenvalue weighted by molar-refractivity contribution is 8.26. The molecule has 1 amide bonds. The summed E-state index contributed by atoms with van der Waals surface area (Å²) in [6.07, 6.45) is 6.60. The van der Waals surface area contributed by atoms with Crippen LogP contribution >= 0.6 is 24.0 Å². The number of amides is 1. The van der Waals surface area contributed by atoms with Gasteiger partial charge in [-0.1, -0.05) is 49.8 Å². The number of hydrogen-bond donors (Lipinski definition) is 2. The fourth-order valence-corrected chi connectivity index (χ4v) is 4.61. The minimum absolute atomic E-state index is 0.0444. The molecule has 10 heteroatoms. The van der Waals surface area contributed by atoms with E-state index in [0.29, 0.717) is 39.2 Å². The first-order valence-electron chi connectivity index (χ1n) is 10.6. The molecule has 8 nitrogen and oxygen atoms in total. The molecule has 3 rings (SSSR count). The van der Waals surface area contributed by atoms with E-state index in [0.717, 1.165) is 36.6 Å². The maximum atomic E-state index is 13.3. The van der Waals surface area contributed by atoms with Crippen molar-refractivity contribution in [2.24, 2.45) is 0 Å². The Hall–Kier alpha value is -2.72. The lowest BCUT2D eigenvalue weighted by Gasteiger charge is -2.13. The number of thiocarbonyl (C=S) groups is 1. The summed E-state index contributed by atoms with van der Waals surface area (Å²) in [7, 11) is 0. The van der Waals surface area contributed by atoms with Crippen molar-refractivity contribution in [1.29, 1.82) is 0 Å². The van der Waals surface area contributed by atoms with Crippen LogP contribution in [0, 0.1) is 6.92 Å². The van der Waals surface area contributed by atoms with Crippen LogP contribution < -0.4 is 10.9 Å². The number of nitrogens with one attached hydrogen (secondary N) is 1. The van der Waals surface area contributed by atoms with Gasteiger partial charge in [0.05, 0.1) is 10.5 Å². The molecule has 3 heterocycles. The van der Waals surface area contributed by atoms with Crippen LogP contribution in [0.3, 0.4) is 0 Å². The van der Waals surface area contributed by atoms with E-state index in [1.54, 1.807) is 18.3 Å². The lowest BCUT2D eigenvalue weighted by Crippen LogP contribution is -2.29. The van der Waals surface area contributed by atoms with Crippen LogP contribution in [0.25, 0.3) is 11.7 Å². The first kappa shape index (κ1) is 23.9. The van der Waals surface area contributed by atoms with Gasteiger partial charge in [-0.25, -0.2) is 4.98 Å². The molecule has 32 heavy (non-hydrogen) atoms. The number of nitrogens with zero attached hydrogens (tertiary/aromatic N) is 3. The molecular formula is C22H26N4O4S2. The number of rotatable bonds is 10. The molecule has 1 aliphatic rings. The summed E-state index contributed by atoms with van der Waals surface area (Å²) in [6, 6.07) is 3.68. The summed E-state index contributed by atoms with van der Waals surface area (Å²) in [5.41, 5.74) is 1.47. The Bertz CT molecular complexity index is 1140. The van der Waals surface area contributed by atoms with E-state index in [2.05, 4.69) is 17.2 Å². The van der Waals surface area contributed by atoms with Gasteiger partial charge in [0.2, 0.25) is 0 Å². The van der Waals surface area contributed by atoms with E-state index in [4.69, 9.17) is 17.3 Å². The molecule has 1 saturated heterocycles. The Balaban J connectivity index is 1.96. The van der Waals surface area contributed by atoms with Crippen molar-refractivity contribution in [2.75, 3.05) is 18.4 Å². The third-order valence-electron chi connectivity index (χ3n) is 5.00. The van der Waals surface area contributed by atoms with E-state index in [9.17, 15) is 14.4 Å². The Labute approximate surface area is 195 Å². The first-order valence-corrected chi connectivity index (χ1v) is 11.8. The third kappa shape index (κ3) is 5.55. The second-order valence-corrected chi connectivity index (χ2v) is 9.25. The predicted octanol–water partition coefficient (Wildman–Crippen LogP) is 3.67. The number of aliphatic carboxylic acids is 1. The number of aromatic nitrogens is 2. The number of unbranched alkanes of at least 4 members (excludes halogenated alkanes) is 2. The molecule has 0 radical (unpaired) electrons. The van der Waals surface area contributed by atoms with E-state index in [-0.39, 0.29) is 24.4 Å². The largest absolute Gasteiger partial charge is 0.481 e. The van der Waals surface area contributed by atoms with Gasteiger partial charge in [-0.2, -0.15) is 0 Å². The van der Waals surface area contributed by atoms with E-state index in [1.807, 2.05) is 13.0 Å². The highest BCUT2D eigenvalue weighted by atomic mass is 32.2. The average molecular weight is 475 g/mol. The van der Waals surface area contributed by atoms with Crippen LogP contribution in [0.1, 0.15) is 50.2 Å². The predicted molar refractivity (Wildman–Crippen MR) is 131 cm³/mol. The van der Waals surface area contributed by atoms with Gasteiger partial charge >= 0.3 is 5.97 Å². The maximum absolute atomic E-state index is 13.3. The number of carbonyl (C=O) groups excluding carboxylic acids is 1. The molecule has 0 saturated carbocycles. The van der Waals surface area contributed by atoms with Crippen LogP contribution in [0.4, 0.5) is 5.82 Å². The Morgan fingerprint density at radius 3 is 2.78 bits per heavy atom. The number of pyridine rings is 1. The van der Waals surface area contributed by atoms with Crippen LogP contribution in [-0.4, -0.2) is 48.7 Å². The molecule has 0 atom stereocenters. The van der Waals surface area contributed by atoms with Crippen molar-refractivity contribution in [3.63, 3.8) is 0 Å². The van der Waals surface area contributed by atoms with Crippen LogP contribution in [0.2, 0.25) is 0 Å². The van der Waals surface area contributed by atoms with Crippen LogP contribution in [-0.2, 0) is 9.59 Å². The molecule has 0 aromatic carbocycles. The molecule has 0 aliphatic carbocycles. The zero-order valence-corrected chi connectivity index (χ0v) is 19.7. The highest BCUT2D eigenvalue weighted by Crippen LogP contribution is 2.33. The summed E-state index contributed by atoms with van der Waals surface area (Å²) in [5, 5.41) is 12.1. The number of carboxylic acid groups (broad SMARTS) is 1. The standard InChI is InChI=1S/C22H26N4O4S2/c1-3-4-5-10-23-19-15(20(29)26-13-14(2)8-9-17(26)24-19)12-16-21(30)25(22(31)32-16)11-6-7-18(27)28/h8-9,12-13,23H,3-7,10-11H2,1-2H3,(H,27,28). The molecule has 0 spiro atoms. The molecule has 0 unspecified atom stereocenters. The van der Waals surface area contributed by atoms with Crippen molar-refractivity contribution >= 4 is 57.7 Å². The summed E-state index contributed by atoms with van der Waals surface area (Å²) >= 11 is 6.43. The number of fused-ring (bicyclic) bond motifs is 1. The summed E-state index contributed by atoms with van der Waals surface area (Å²) in [6.45, 7) is 4.90. The quantitative estimate of drug-likeness (QED) is 0.305. The normalized spacial score (nSPS) is 15.2. The van der Waals surface area contributed by atoms with E-state index >= 15 is 0 Å². The number of carboxylic acids is 1. The highest BCUT2D eigenvalue weighted by Gasteiger charge is 2.32. The molecule has 1 aliphatic heterocycles. The average Bonchev–Trinajstić information content (AvgIpc) is 3.01. The van der Waals surface area contributed by atoms with Crippen molar-refractivity contribution in [2.45, 2.75) is 46.0 Å². The first-order chi connectivity index (χ1) is 15.3. The summed E-state index contributed by atoms with van der Waals surface area (Å²) < 4.78 is 1.83. The molecule has 1 fully saturated rings. The molecule has 2 aromatic rings. The van der Waals surface area contributed by atoms with Gasteiger partial charge in [0.1, 0.15) is 15.8 Å². The topological polar surface area (TPSA) is 104 Å². The second kappa shape index (κ2) is 10.7. The lowest BCUT2D eigenvalue weighted by atomic mass is 10.2. The van der Waals surface area contributed by atoms with Gasteiger partial charge in [-0.15, -0.1) is 0 Å². The van der Waals surface area contributed by atoms with Gasteiger partial charge in [-0.05, 0) is 37.5 Å². The molecule has 2 aromatic heterocycles. The fourth-order valence-electron chi connectivity index (χ4n) is 3.32. The Morgan fingerprint density at radius 2 is 2.06 bits per heavy atom. The minimum atomic E-state index is -0.921. The number of aryl methyl sites for hydroxylation is 1. The zero-order valence-electron chi connectivity index (χ0n) is 18.1. The van der Waals surface area contributed by atoms with Gasteiger partial charge in [-0.3, -0.25) is 23.7 Å². The second-order valence-electron chi connectivity index (χ2n) is 7.58. The van der Waals surface area contributed by atoms with E-state index in [1.165, 1.54) is 9.30 Å². The summed E-state index contributed by atoms with van der Waals surface area (Å²) in [4.78, 5) is 43.3. The van der Waals surface area contributed by atoms with E-state index < -0.39 is 5.97 Å². The molecule has 170 valence electrons. The number of carbonyl (C=O) groups is 2. The zero-order chi connectivity index (χ0) is 23.3. The third-order valence-corrected chi connectivity index (χ3v) is 6.38. The molecular weight excluding hydrogens is 448 g/mol. The van der Waals surface area contributed by atoms with Crippen LogP contribution in [0.5, 0.6) is 0 Å². The fraction of sp³-hybridized carbons (Fsp3) is 0.409. The van der Waals surface area contributed by atoms with Crippen molar-refractivity contribution in [3.8, 4) is 0 Å². The maximum Gasteiger partial charge on any atom is 0.303 e. The van der Waals surface area contributed by atoms with Gasteiger partial charge in [0.15, 0.2) is 0 Å². The number of thioether (sulfide) groups is 1. The van der Waals surface area contributed by atoms with Crippen molar-refractivity contribution in [1.82, 2.24) is 14.3 Å². The van der Waals surface area contributed by atoms with Crippen molar-refractivity contribution < 1.29 is 14.7 Å². The molecule has 2 N–H and O–H groups in total. The van der Waals surface area contributed by atoms with Gasteiger partial charge in [0.25, 0.3) is 11.5 Å². The van der Waals surface area contributed by atoms with Gasteiger partial charge in [0, 0.05) is 25.7 Å². The SMILES string of the molecule is CCCCCNc1nc2ccc(C)cn2c(=O)c1C=C1SC(=S)N(CCCC(=O)O)C1=O. The number of hydrogen-bond acceptors (Lipinski definition) is 7. The smallest absolute Gasteiger partial charge is 0.303 e. The van der Waals surface area contributed by atoms with Crippen LogP contribution in [0.15, 0.2) is 28.0 Å². The Kier molecular flexibility index (Phi) is 8.03. The molecule has 0 bridgehead atoms. The Morgan fingerprint density at radius 1 is 1.28 bits per heavy atom. The van der Waals surface area contributed by atoms with Gasteiger partial charge < -0.3 is 10.4 Å². The summed E-state index contributed by atoms with van der Waals surface area (Å²) in [5.74, 6) is -0.808. The number of anilines is 1. The van der Waals surface area contributed by atoms with Crippen molar-refractivity contribution in [3.05, 3.63) is 44.7 Å². The monoisotopic (exact) mass is 474 g/mol. The lowest BCUT2D eigenvalue weighted by molar-refractivity contribution is -0.137.